The molecule has 33 heavy (non-hydrogen) atoms. The van der Waals surface area contributed by atoms with Gasteiger partial charge >= 0.3 is 0 Å². The quantitative estimate of drug-likeness (QED) is 0.331. The van der Waals surface area contributed by atoms with Crippen molar-refractivity contribution in [2.24, 2.45) is 17.6 Å². The molecule has 10 nitrogen and oxygen atoms in total. The van der Waals surface area contributed by atoms with Crippen molar-refractivity contribution in [2.75, 3.05) is 14.1 Å². The first-order valence-corrected chi connectivity index (χ1v) is 10.4. The second-order valence-electron chi connectivity index (χ2n) is 9.25. The number of nitrogens with two attached hydrogens (primary N) is 1. The molecule has 3 aliphatic rings. The number of Topliss-reactive ketones (excluding diaryl/α,β-unsaturated/α-hetero) is 2. The number of hydrogen-bond donors (Lipinski definition) is 6. The largest absolute Gasteiger partial charge is 0.510 e. The summed E-state index contributed by atoms with van der Waals surface area (Å²) in [6.07, 6.45) is -1.59. The fraction of sp³-hybridized carbons (Fsp3) is 0.435. The lowest BCUT2D eigenvalue weighted by atomic mass is 9.55. The van der Waals surface area contributed by atoms with Crippen molar-refractivity contribution in [1.82, 2.24) is 4.90 Å². The highest BCUT2D eigenvalue weighted by Crippen LogP contribution is 2.55. The molecule has 4 rings (SSSR count). The number of fused-ring (bicyclic) bond motifs is 3. The molecule has 2 unspecified atom stereocenters. The minimum Gasteiger partial charge on any atom is -0.510 e. The van der Waals surface area contributed by atoms with E-state index < -0.39 is 75.6 Å². The third kappa shape index (κ3) is 2.68. The number of aliphatic hydroxyl groups is 4. The zero-order valence-electron chi connectivity index (χ0n) is 18.5. The van der Waals surface area contributed by atoms with Gasteiger partial charge in [0.2, 0.25) is 5.78 Å². The number of carbonyl (C=O) groups is 3. The van der Waals surface area contributed by atoms with Crippen LogP contribution in [-0.4, -0.2) is 79.7 Å². The number of aryl methyl sites for hydroxylation is 1. The van der Waals surface area contributed by atoms with Crippen molar-refractivity contribution in [1.29, 1.82) is 0 Å². The average Bonchev–Trinajstić information content (AvgIpc) is 2.72. The van der Waals surface area contributed by atoms with Crippen LogP contribution in [0, 0.1) is 18.8 Å². The van der Waals surface area contributed by atoms with Gasteiger partial charge in [-0.25, -0.2) is 0 Å². The Bertz CT molecular complexity index is 1180. The van der Waals surface area contributed by atoms with Crippen LogP contribution in [0.3, 0.4) is 0 Å². The zero-order chi connectivity index (χ0) is 24.7. The highest BCUT2D eigenvalue weighted by molar-refractivity contribution is 6.25. The van der Waals surface area contributed by atoms with Crippen LogP contribution < -0.4 is 5.73 Å². The number of rotatable bonds is 2. The van der Waals surface area contributed by atoms with Crippen molar-refractivity contribution in [3.05, 3.63) is 51.5 Å². The summed E-state index contributed by atoms with van der Waals surface area (Å²) >= 11 is 0. The number of phenols is 1. The summed E-state index contributed by atoms with van der Waals surface area (Å²) in [6, 6.07) is 1.99. The van der Waals surface area contributed by atoms with Gasteiger partial charge in [-0.15, -0.1) is 0 Å². The molecule has 6 atom stereocenters. The molecule has 3 aliphatic carbocycles. The molecule has 1 aromatic rings. The minimum absolute atomic E-state index is 0.0875. The number of likely N-dealkylation sites (N-methyl/N-ethyl adjacent to an activating group) is 1. The normalized spacial score (nSPS) is 33.7. The van der Waals surface area contributed by atoms with E-state index in [1.54, 1.807) is 26.0 Å². The van der Waals surface area contributed by atoms with Gasteiger partial charge in [-0.1, -0.05) is 19.1 Å². The molecule has 0 fully saturated rings. The van der Waals surface area contributed by atoms with E-state index in [1.165, 1.54) is 19.0 Å². The fourth-order valence-corrected chi connectivity index (χ4v) is 5.73. The van der Waals surface area contributed by atoms with Crippen molar-refractivity contribution < 1.29 is 39.9 Å². The van der Waals surface area contributed by atoms with Gasteiger partial charge in [0.15, 0.2) is 11.4 Å². The number of aromatic hydroxyl groups is 1. The Morgan fingerprint density at radius 1 is 1.15 bits per heavy atom. The summed E-state index contributed by atoms with van der Waals surface area (Å²) in [6.45, 7) is 3.28. The summed E-state index contributed by atoms with van der Waals surface area (Å²) in [7, 11) is 2.98. The Kier molecular flexibility index (Phi) is 4.97. The van der Waals surface area contributed by atoms with Crippen LogP contribution in [0.1, 0.15) is 34.3 Å². The molecule has 0 heterocycles. The maximum absolute atomic E-state index is 13.5. The average molecular weight is 458 g/mol. The molecule has 176 valence electrons. The molecule has 10 heteroatoms. The molecule has 1 amide bonds. The Balaban J connectivity index is 2.07. The number of carbonyl (C=O) groups excluding carboxylic acids is 3. The topological polar surface area (TPSA) is 182 Å². The van der Waals surface area contributed by atoms with Crippen LogP contribution >= 0.6 is 0 Å². The fourth-order valence-electron chi connectivity index (χ4n) is 5.73. The number of nitrogens with zero attached hydrogens (tertiary/aromatic N) is 1. The summed E-state index contributed by atoms with van der Waals surface area (Å²) < 4.78 is 0. The van der Waals surface area contributed by atoms with Crippen LogP contribution in [-0.2, 0) is 9.59 Å². The van der Waals surface area contributed by atoms with Crippen LogP contribution in [0.25, 0.3) is 0 Å². The van der Waals surface area contributed by atoms with Crippen LogP contribution in [0.5, 0.6) is 5.75 Å². The molecular weight excluding hydrogens is 432 g/mol. The van der Waals surface area contributed by atoms with Crippen LogP contribution in [0.2, 0.25) is 0 Å². The summed E-state index contributed by atoms with van der Waals surface area (Å²) in [5.74, 6) is -8.81. The van der Waals surface area contributed by atoms with Crippen molar-refractivity contribution >= 4 is 17.5 Å². The lowest BCUT2D eigenvalue weighted by molar-refractivity contribution is -0.162. The van der Waals surface area contributed by atoms with Gasteiger partial charge in [-0.05, 0) is 38.1 Å². The van der Waals surface area contributed by atoms with Gasteiger partial charge in [-0.3, -0.25) is 19.3 Å². The third-order valence-corrected chi connectivity index (χ3v) is 7.33. The zero-order valence-corrected chi connectivity index (χ0v) is 18.5. The van der Waals surface area contributed by atoms with Crippen LogP contribution in [0.4, 0.5) is 0 Å². The predicted octanol–water partition coefficient (Wildman–Crippen LogP) is -0.0392. The Hall–Kier alpha value is -3.21. The minimum atomic E-state index is -2.90. The molecule has 0 saturated heterocycles. The number of primary amides is 1. The highest BCUT2D eigenvalue weighted by atomic mass is 16.4. The van der Waals surface area contributed by atoms with Gasteiger partial charge < -0.3 is 31.3 Å². The maximum atomic E-state index is 13.5. The number of hydrogen-bond acceptors (Lipinski definition) is 9. The summed E-state index contributed by atoms with van der Waals surface area (Å²) in [5, 5.41) is 55.5. The monoisotopic (exact) mass is 458 g/mol. The van der Waals surface area contributed by atoms with E-state index in [9.17, 15) is 39.9 Å². The van der Waals surface area contributed by atoms with Gasteiger partial charge in [-0.2, -0.15) is 0 Å². The second-order valence-corrected chi connectivity index (χ2v) is 9.25. The second kappa shape index (κ2) is 7.14. The van der Waals surface area contributed by atoms with Crippen molar-refractivity contribution in [2.45, 2.75) is 37.5 Å². The Morgan fingerprint density at radius 3 is 2.30 bits per heavy atom. The maximum Gasteiger partial charge on any atom is 0.255 e. The van der Waals surface area contributed by atoms with E-state index >= 15 is 0 Å². The van der Waals surface area contributed by atoms with Gasteiger partial charge in [0, 0.05) is 11.5 Å². The first-order valence-electron chi connectivity index (χ1n) is 10.4. The van der Waals surface area contributed by atoms with Gasteiger partial charge in [0.05, 0.1) is 23.6 Å². The molecule has 0 spiro atoms. The van der Waals surface area contributed by atoms with E-state index in [1.807, 2.05) is 0 Å². The van der Waals surface area contributed by atoms with Gasteiger partial charge in [0.1, 0.15) is 22.8 Å². The van der Waals surface area contributed by atoms with E-state index in [2.05, 4.69) is 0 Å². The SMILES string of the molecule is Cc1ccc2c(c1O)C(=O)C1=C(O)[C@]3(O)C(=O)C(C(N)=O)=C(O)[C@@H](N(C)C)C3[C@@H](O)C1[C@H]2C. The van der Waals surface area contributed by atoms with Gasteiger partial charge in [0.25, 0.3) is 5.91 Å². The van der Waals surface area contributed by atoms with E-state index in [0.29, 0.717) is 11.1 Å². The standard InChI is InChI=1S/C23H26N2O8/c1-7-5-6-9-8(2)10-12(17(27)11(9)16(7)26)20(30)23(33)14(18(10)28)15(25(3)4)19(29)13(21(23)31)22(24)32/h5-6,8,10,14-15,18,26,28-30,33H,1-4H3,(H2,24,32)/t8-,10?,14?,15-,18-,23-/m0/s1. The summed E-state index contributed by atoms with van der Waals surface area (Å²) in [5.41, 5.74) is 1.81. The Morgan fingerprint density at radius 2 is 1.76 bits per heavy atom. The van der Waals surface area contributed by atoms with Crippen molar-refractivity contribution in [3.8, 4) is 5.75 Å². The molecule has 0 bridgehead atoms. The molecule has 0 aliphatic heterocycles. The molecular formula is C23H26N2O8. The molecule has 0 aromatic heterocycles. The highest BCUT2D eigenvalue weighted by Gasteiger charge is 2.67. The molecule has 0 radical (unpaired) electrons. The summed E-state index contributed by atoms with van der Waals surface area (Å²) in [4.78, 5) is 40.1. The third-order valence-electron chi connectivity index (χ3n) is 7.33. The first kappa shape index (κ1) is 23.0. The number of ketones is 2. The van der Waals surface area contributed by atoms with E-state index in [0.717, 1.165) is 0 Å². The number of aliphatic hydroxyl groups excluding tert-OH is 3. The lowest BCUT2D eigenvalue weighted by Gasteiger charge is -2.53. The Labute approximate surface area is 189 Å². The number of phenolic OH excluding ortho intramolecular Hbond substituents is 1. The molecule has 7 N–H and O–H groups in total. The first-order chi connectivity index (χ1) is 15.3. The molecule has 0 saturated carbocycles. The lowest BCUT2D eigenvalue weighted by Crippen LogP contribution is -2.68. The van der Waals surface area contributed by atoms with E-state index in [-0.39, 0.29) is 11.3 Å². The van der Waals surface area contributed by atoms with Crippen molar-refractivity contribution in [3.63, 3.8) is 0 Å². The number of benzene rings is 1. The predicted molar refractivity (Wildman–Crippen MR) is 115 cm³/mol. The molecule has 1 aromatic carbocycles. The van der Waals surface area contributed by atoms with Crippen LogP contribution in [0.15, 0.2) is 34.8 Å². The smallest absolute Gasteiger partial charge is 0.255 e. The number of amides is 1. The van der Waals surface area contributed by atoms with E-state index in [4.69, 9.17) is 5.73 Å².